The van der Waals surface area contributed by atoms with Crippen molar-refractivity contribution >= 4 is 26.9 Å². The van der Waals surface area contributed by atoms with Crippen LogP contribution in [0.5, 0.6) is 0 Å². The summed E-state index contributed by atoms with van der Waals surface area (Å²) in [6.07, 6.45) is 2.03. The van der Waals surface area contributed by atoms with E-state index < -0.39 is 5.63 Å². The lowest BCUT2D eigenvalue weighted by atomic mass is 9.98. The smallest absolute Gasteiger partial charge is 0.345 e. The minimum Gasteiger partial charge on any atom is -0.422 e. The number of hydrogen-bond acceptors (Lipinski definition) is 4. The number of benzene rings is 4. The zero-order valence-corrected chi connectivity index (χ0v) is 23.3. The van der Waals surface area contributed by atoms with Crippen LogP contribution in [0.1, 0.15) is 0 Å². The highest BCUT2D eigenvalue weighted by Crippen LogP contribution is 2.36. The van der Waals surface area contributed by atoms with Gasteiger partial charge in [-0.2, -0.15) is 5.10 Å². The SMILES string of the molecule is O=c1oc2ccccc2cc1-c1cc(-c2cn(-c3ccccc3)nc2-c2ccccc2)cc(-c2ccc(Br)cc2)n1. The lowest BCUT2D eigenvalue weighted by molar-refractivity contribution is 0.563. The van der Waals surface area contributed by atoms with Gasteiger partial charge < -0.3 is 4.42 Å². The number of para-hydroxylation sites is 2. The van der Waals surface area contributed by atoms with Gasteiger partial charge in [-0.05, 0) is 54.1 Å². The molecule has 7 rings (SSSR count). The van der Waals surface area contributed by atoms with Crippen molar-refractivity contribution in [1.82, 2.24) is 14.8 Å². The van der Waals surface area contributed by atoms with E-state index in [-0.39, 0.29) is 0 Å². The molecule has 0 unspecified atom stereocenters. The average molecular weight is 596 g/mol. The molecule has 4 aromatic carbocycles. The number of rotatable bonds is 5. The van der Waals surface area contributed by atoms with Crippen molar-refractivity contribution in [1.29, 1.82) is 0 Å². The second-order valence-electron chi connectivity index (χ2n) is 9.66. The Morgan fingerprint density at radius 2 is 1.32 bits per heavy atom. The average Bonchev–Trinajstić information content (AvgIpc) is 3.48. The zero-order valence-electron chi connectivity index (χ0n) is 21.7. The summed E-state index contributed by atoms with van der Waals surface area (Å²) in [6.45, 7) is 0. The molecule has 3 heterocycles. The molecule has 5 nitrogen and oxygen atoms in total. The van der Waals surface area contributed by atoms with Crippen molar-refractivity contribution in [3.05, 3.63) is 148 Å². The Morgan fingerprint density at radius 1 is 0.634 bits per heavy atom. The van der Waals surface area contributed by atoms with Crippen molar-refractivity contribution in [2.45, 2.75) is 0 Å². The topological polar surface area (TPSA) is 60.9 Å². The van der Waals surface area contributed by atoms with Gasteiger partial charge in [0.2, 0.25) is 0 Å². The Morgan fingerprint density at radius 3 is 2.10 bits per heavy atom. The first-order valence-electron chi connectivity index (χ1n) is 13.1. The highest BCUT2D eigenvalue weighted by molar-refractivity contribution is 9.10. The molecule has 0 saturated carbocycles. The minimum atomic E-state index is -0.432. The number of fused-ring (bicyclic) bond motifs is 1. The van der Waals surface area contributed by atoms with Gasteiger partial charge in [0.05, 0.1) is 22.6 Å². The zero-order chi connectivity index (χ0) is 27.8. The summed E-state index contributed by atoms with van der Waals surface area (Å²) >= 11 is 3.53. The van der Waals surface area contributed by atoms with Crippen LogP contribution >= 0.6 is 15.9 Å². The Hall–Kier alpha value is -5.07. The van der Waals surface area contributed by atoms with Crippen LogP contribution < -0.4 is 5.63 Å². The van der Waals surface area contributed by atoms with Gasteiger partial charge >= 0.3 is 5.63 Å². The van der Waals surface area contributed by atoms with Crippen LogP contribution in [0.3, 0.4) is 0 Å². The molecule has 0 radical (unpaired) electrons. The van der Waals surface area contributed by atoms with Crippen LogP contribution in [0.4, 0.5) is 0 Å². The Bertz CT molecular complexity index is 2070. The summed E-state index contributed by atoms with van der Waals surface area (Å²) in [5, 5.41) is 5.85. The van der Waals surface area contributed by atoms with Crippen molar-refractivity contribution in [2.24, 2.45) is 0 Å². The van der Waals surface area contributed by atoms with Crippen LogP contribution in [0, 0.1) is 0 Å². The second-order valence-corrected chi connectivity index (χ2v) is 10.6. The maximum absolute atomic E-state index is 13.2. The van der Waals surface area contributed by atoms with Crippen LogP contribution in [-0.2, 0) is 0 Å². The Balaban J connectivity index is 1.49. The van der Waals surface area contributed by atoms with Gasteiger partial charge in [-0.3, -0.25) is 0 Å². The molecule has 6 heteroatoms. The predicted molar refractivity (Wildman–Crippen MR) is 167 cm³/mol. The third kappa shape index (κ3) is 4.90. The number of pyridine rings is 1. The fourth-order valence-corrected chi connectivity index (χ4v) is 5.20. The highest BCUT2D eigenvalue weighted by atomic mass is 79.9. The van der Waals surface area contributed by atoms with E-state index in [1.165, 1.54) is 0 Å². The molecular weight excluding hydrogens is 574 g/mol. The third-order valence-corrected chi connectivity index (χ3v) is 7.50. The van der Waals surface area contributed by atoms with Crippen molar-refractivity contribution in [3.63, 3.8) is 0 Å². The monoisotopic (exact) mass is 595 g/mol. The van der Waals surface area contributed by atoms with Gasteiger partial charge in [0.1, 0.15) is 11.3 Å². The minimum absolute atomic E-state index is 0.403. The first kappa shape index (κ1) is 24.9. The summed E-state index contributed by atoms with van der Waals surface area (Å²) in [6, 6.07) is 41.5. The molecule has 0 atom stereocenters. The molecule has 0 N–H and O–H groups in total. The van der Waals surface area contributed by atoms with E-state index in [0.717, 1.165) is 49.2 Å². The van der Waals surface area contributed by atoms with E-state index in [4.69, 9.17) is 14.5 Å². The predicted octanol–water partition coefficient (Wildman–Crippen LogP) is 8.80. The van der Waals surface area contributed by atoms with E-state index in [1.54, 1.807) is 6.07 Å². The molecule has 0 spiro atoms. The summed E-state index contributed by atoms with van der Waals surface area (Å²) in [5.74, 6) is 0. The molecule has 0 aliphatic rings. The summed E-state index contributed by atoms with van der Waals surface area (Å²) in [4.78, 5) is 18.2. The number of hydrogen-bond donors (Lipinski definition) is 0. The molecule has 0 aliphatic carbocycles. The summed E-state index contributed by atoms with van der Waals surface area (Å²) in [7, 11) is 0. The fourth-order valence-electron chi connectivity index (χ4n) is 4.94. The third-order valence-electron chi connectivity index (χ3n) is 6.98. The second kappa shape index (κ2) is 10.5. The van der Waals surface area contributed by atoms with Crippen molar-refractivity contribution < 1.29 is 4.42 Å². The van der Waals surface area contributed by atoms with E-state index in [1.807, 2.05) is 120 Å². The molecule has 3 aromatic heterocycles. The van der Waals surface area contributed by atoms with Crippen molar-refractivity contribution in [2.75, 3.05) is 0 Å². The van der Waals surface area contributed by atoms with Crippen LogP contribution in [0.15, 0.2) is 147 Å². The van der Waals surface area contributed by atoms with Crippen LogP contribution in [-0.4, -0.2) is 14.8 Å². The Kier molecular flexibility index (Phi) is 6.38. The van der Waals surface area contributed by atoms with Crippen LogP contribution in [0.2, 0.25) is 0 Å². The van der Waals surface area contributed by atoms with Crippen LogP contribution in [0.25, 0.3) is 61.6 Å². The van der Waals surface area contributed by atoms with Gasteiger partial charge in [-0.15, -0.1) is 0 Å². The highest BCUT2D eigenvalue weighted by Gasteiger charge is 2.19. The number of halogens is 1. The lowest BCUT2D eigenvalue weighted by Gasteiger charge is -2.10. The number of nitrogens with zero attached hydrogens (tertiary/aromatic N) is 3. The van der Waals surface area contributed by atoms with Gasteiger partial charge in [0.25, 0.3) is 0 Å². The molecule has 0 amide bonds. The Labute approximate surface area is 244 Å². The maximum atomic E-state index is 13.2. The fraction of sp³-hybridized carbons (Fsp3) is 0. The van der Waals surface area contributed by atoms with Gasteiger partial charge in [0.15, 0.2) is 0 Å². The van der Waals surface area contributed by atoms with Gasteiger partial charge in [-0.1, -0.05) is 94.8 Å². The normalized spacial score (nSPS) is 11.1. The summed E-state index contributed by atoms with van der Waals surface area (Å²) < 4.78 is 8.56. The maximum Gasteiger partial charge on any atom is 0.345 e. The quantitative estimate of drug-likeness (QED) is 0.186. The van der Waals surface area contributed by atoms with E-state index >= 15 is 0 Å². The van der Waals surface area contributed by atoms with Crippen molar-refractivity contribution in [3.8, 4) is 50.6 Å². The number of aromatic nitrogens is 3. The first-order chi connectivity index (χ1) is 20.1. The molecule has 196 valence electrons. The molecular formula is C35H22BrN3O2. The first-order valence-corrected chi connectivity index (χ1v) is 13.9. The van der Waals surface area contributed by atoms with Gasteiger partial charge in [-0.25, -0.2) is 14.5 Å². The summed E-state index contributed by atoms with van der Waals surface area (Å²) in [5.41, 5.74) is 7.31. The van der Waals surface area contributed by atoms with E-state index in [0.29, 0.717) is 16.8 Å². The molecule has 0 bridgehead atoms. The van der Waals surface area contributed by atoms with E-state index in [9.17, 15) is 4.79 Å². The molecule has 7 aromatic rings. The molecule has 0 aliphatic heterocycles. The standard InChI is InChI=1S/C35H22BrN3O2/c36-27-17-15-23(16-18-27)31-20-26(21-32(37-31)29-19-25-11-7-8-14-33(25)41-35(29)40)30-22-39(28-12-5-2-6-13-28)38-34(30)24-9-3-1-4-10-24/h1-22H. The largest absolute Gasteiger partial charge is 0.422 e. The van der Waals surface area contributed by atoms with E-state index in [2.05, 4.69) is 28.1 Å². The lowest BCUT2D eigenvalue weighted by Crippen LogP contribution is -2.04. The molecule has 0 fully saturated rings. The van der Waals surface area contributed by atoms with Gasteiger partial charge in [0, 0.05) is 32.7 Å². The molecule has 0 saturated heterocycles. The molecule has 41 heavy (non-hydrogen) atoms.